The molecule has 2 heterocycles. The fraction of sp³-hybridized carbons (Fsp3) is 0.250. The highest BCUT2D eigenvalue weighted by molar-refractivity contribution is 7.15. The molecule has 0 atom stereocenters. The van der Waals surface area contributed by atoms with Gasteiger partial charge in [0.15, 0.2) is 6.61 Å². The number of amides is 1. The van der Waals surface area contributed by atoms with Crippen molar-refractivity contribution in [3.05, 3.63) is 81.0 Å². The highest BCUT2D eigenvalue weighted by Crippen LogP contribution is 2.36. The molecule has 1 aliphatic carbocycles. The summed E-state index contributed by atoms with van der Waals surface area (Å²) in [5.74, 6) is -0.506. The van der Waals surface area contributed by atoms with Gasteiger partial charge in [0.05, 0.1) is 6.61 Å². The summed E-state index contributed by atoms with van der Waals surface area (Å²) in [5.41, 5.74) is 3.84. The molecule has 0 saturated carbocycles. The van der Waals surface area contributed by atoms with E-state index in [-0.39, 0.29) is 18.8 Å². The molecule has 1 N–H and O–H groups in total. The quantitative estimate of drug-likeness (QED) is 0.261. The van der Waals surface area contributed by atoms with Crippen LogP contribution in [0, 0.1) is 0 Å². The van der Waals surface area contributed by atoms with Gasteiger partial charge in [-0.15, -0.1) is 11.3 Å². The number of hydrogen-bond donors (Lipinski definition) is 1. The first-order valence-corrected chi connectivity index (χ1v) is 12.8. The molecule has 0 fully saturated rings. The molecule has 1 aliphatic rings. The van der Waals surface area contributed by atoms with E-state index in [0.717, 1.165) is 47.8 Å². The van der Waals surface area contributed by atoms with Crippen molar-refractivity contribution >= 4 is 39.2 Å². The number of hydrogen-bond acceptors (Lipinski definition) is 7. The minimum atomic E-state index is -0.498. The van der Waals surface area contributed by atoms with Crippen LogP contribution in [-0.4, -0.2) is 25.1 Å². The van der Waals surface area contributed by atoms with Crippen molar-refractivity contribution in [3.63, 3.8) is 0 Å². The van der Waals surface area contributed by atoms with Crippen LogP contribution in [0.4, 0.5) is 5.00 Å². The number of esters is 1. The number of fused-ring (bicyclic) bond motifs is 3. The third kappa shape index (κ3) is 4.77. The van der Waals surface area contributed by atoms with Crippen molar-refractivity contribution in [2.75, 3.05) is 18.5 Å². The molecule has 1 amide bonds. The first-order valence-electron chi connectivity index (χ1n) is 11.9. The van der Waals surface area contributed by atoms with E-state index < -0.39 is 11.9 Å². The van der Waals surface area contributed by atoms with Crippen LogP contribution in [0.1, 0.15) is 41.3 Å². The van der Waals surface area contributed by atoms with Crippen LogP contribution in [0.5, 0.6) is 5.75 Å². The molecule has 0 radical (unpaired) electrons. The zero-order valence-corrected chi connectivity index (χ0v) is 20.6. The standard InChI is InChI=1S/C28H25NO6S/c1-2-33-28(32)25-22(17-8-4-3-5-9-17)16-36-26(25)29-24(30)15-34-18-12-13-20-19-10-6-7-11-21(19)27(31)35-23(20)14-18/h3-5,8-9,12-14,16H,2,6-7,10-11,15H2,1H3,(H,29,30). The lowest BCUT2D eigenvalue weighted by atomic mass is 9.91. The van der Waals surface area contributed by atoms with Crippen LogP contribution in [0.2, 0.25) is 0 Å². The van der Waals surface area contributed by atoms with Crippen molar-refractivity contribution in [3.8, 4) is 16.9 Å². The van der Waals surface area contributed by atoms with E-state index in [0.29, 0.717) is 27.5 Å². The highest BCUT2D eigenvalue weighted by Gasteiger charge is 2.23. The molecule has 8 heteroatoms. The molecule has 2 aromatic carbocycles. The van der Waals surface area contributed by atoms with E-state index in [9.17, 15) is 14.4 Å². The third-order valence-electron chi connectivity index (χ3n) is 6.17. The molecular weight excluding hydrogens is 478 g/mol. The Morgan fingerprint density at radius 3 is 2.61 bits per heavy atom. The van der Waals surface area contributed by atoms with Crippen molar-refractivity contribution in [1.29, 1.82) is 0 Å². The van der Waals surface area contributed by atoms with Gasteiger partial charge in [0.25, 0.3) is 5.91 Å². The van der Waals surface area contributed by atoms with Gasteiger partial charge in [-0.25, -0.2) is 9.59 Å². The van der Waals surface area contributed by atoms with Gasteiger partial charge < -0.3 is 19.2 Å². The Morgan fingerprint density at radius 2 is 1.83 bits per heavy atom. The van der Waals surface area contributed by atoms with E-state index in [1.165, 1.54) is 11.3 Å². The Morgan fingerprint density at radius 1 is 1.06 bits per heavy atom. The summed E-state index contributed by atoms with van der Waals surface area (Å²) >= 11 is 1.25. The van der Waals surface area contributed by atoms with Gasteiger partial charge in [-0.2, -0.15) is 0 Å². The summed E-state index contributed by atoms with van der Waals surface area (Å²) in [6.07, 6.45) is 3.64. The number of benzene rings is 2. The maximum atomic E-state index is 12.7. The molecule has 4 aromatic rings. The number of rotatable bonds is 7. The average Bonchev–Trinajstić information content (AvgIpc) is 3.31. The molecule has 36 heavy (non-hydrogen) atoms. The molecule has 0 saturated heterocycles. The van der Waals surface area contributed by atoms with Crippen LogP contribution in [0.15, 0.2) is 63.1 Å². The van der Waals surface area contributed by atoms with Crippen LogP contribution >= 0.6 is 11.3 Å². The largest absolute Gasteiger partial charge is 0.484 e. The van der Waals surface area contributed by atoms with Crippen molar-refractivity contribution < 1.29 is 23.5 Å². The fourth-order valence-electron chi connectivity index (χ4n) is 4.51. The number of ether oxygens (including phenoxy) is 2. The molecule has 0 unspecified atom stereocenters. The second kappa shape index (κ2) is 10.4. The summed E-state index contributed by atoms with van der Waals surface area (Å²) in [6, 6.07) is 14.7. The molecular formula is C28H25NO6S. The Hall–Kier alpha value is -3.91. The van der Waals surface area contributed by atoms with Gasteiger partial charge in [0.2, 0.25) is 0 Å². The Kier molecular flexibility index (Phi) is 6.86. The number of aryl methyl sites for hydroxylation is 1. The SMILES string of the molecule is CCOC(=O)c1c(-c2ccccc2)csc1NC(=O)COc1ccc2c3c(c(=O)oc2c1)CCCC3. The summed E-state index contributed by atoms with van der Waals surface area (Å²) in [4.78, 5) is 37.8. The van der Waals surface area contributed by atoms with Crippen molar-refractivity contribution in [2.45, 2.75) is 32.6 Å². The van der Waals surface area contributed by atoms with E-state index in [4.69, 9.17) is 13.9 Å². The topological polar surface area (TPSA) is 94.8 Å². The molecule has 0 aliphatic heterocycles. The molecule has 184 valence electrons. The van der Waals surface area contributed by atoms with Gasteiger partial charge in [-0.1, -0.05) is 30.3 Å². The maximum absolute atomic E-state index is 12.7. The summed E-state index contributed by atoms with van der Waals surface area (Å²) in [7, 11) is 0. The second-order valence-electron chi connectivity index (χ2n) is 8.49. The number of nitrogens with one attached hydrogen (secondary N) is 1. The lowest BCUT2D eigenvalue weighted by Crippen LogP contribution is -2.21. The summed E-state index contributed by atoms with van der Waals surface area (Å²) in [5, 5.41) is 5.91. The molecule has 0 bridgehead atoms. The Labute approximate surface area is 211 Å². The normalized spacial score (nSPS) is 12.7. The van der Waals surface area contributed by atoms with Crippen molar-refractivity contribution in [2.24, 2.45) is 0 Å². The molecule has 7 nitrogen and oxygen atoms in total. The first-order chi connectivity index (χ1) is 17.5. The Balaban J connectivity index is 1.33. The van der Waals surface area contributed by atoms with E-state index in [1.54, 1.807) is 19.1 Å². The molecule has 5 rings (SSSR count). The minimum absolute atomic E-state index is 0.223. The van der Waals surface area contributed by atoms with Crippen LogP contribution in [-0.2, 0) is 22.4 Å². The van der Waals surface area contributed by atoms with Gasteiger partial charge in [0.1, 0.15) is 21.9 Å². The fourth-order valence-corrected chi connectivity index (χ4v) is 5.49. The van der Waals surface area contributed by atoms with Gasteiger partial charge in [-0.05, 0) is 55.9 Å². The van der Waals surface area contributed by atoms with Crippen LogP contribution < -0.4 is 15.7 Å². The van der Waals surface area contributed by atoms with Crippen LogP contribution in [0.3, 0.4) is 0 Å². The predicted octanol–water partition coefficient (Wildman–Crippen LogP) is 5.59. The number of carbonyl (C=O) groups excluding carboxylic acids is 2. The van der Waals surface area contributed by atoms with E-state index in [2.05, 4.69) is 5.32 Å². The van der Waals surface area contributed by atoms with Crippen LogP contribution in [0.25, 0.3) is 22.1 Å². The number of carbonyl (C=O) groups is 2. The molecule has 2 aromatic heterocycles. The molecule has 0 spiro atoms. The van der Waals surface area contributed by atoms with Gasteiger partial charge >= 0.3 is 11.6 Å². The zero-order valence-electron chi connectivity index (χ0n) is 19.8. The zero-order chi connectivity index (χ0) is 25.1. The average molecular weight is 504 g/mol. The van der Waals surface area contributed by atoms with Crippen molar-refractivity contribution in [1.82, 2.24) is 0 Å². The summed E-state index contributed by atoms with van der Waals surface area (Å²) in [6.45, 7) is 1.68. The predicted molar refractivity (Wildman–Crippen MR) is 139 cm³/mol. The smallest absolute Gasteiger partial charge is 0.341 e. The second-order valence-corrected chi connectivity index (χ2v) is 9.37. The van der Waals surface area contributed by atoms with Gasteiger partial charge in [0, 0.05) is 28.0 Å². The lowest BCUT2D eigenvalue weighted by Gasteiger charge is -2.16. The first kappa shape index (κ1) is 23.8. The summed E-state index contributed by atoms with van der Waals surface area (Å²) < 4.78 is 16.5. The number of thiophene rings is 1. The number of anilines is 1. The highest BCUT2D eigenvalue weighted by atomic mass is 32.1. The Bertz CT molecular complexity index is 1490. The van der Waals surface area contributed by atoms with E-state index in [1.807, 2.05) is 41.8 Å². The van der Waals surface area contributed by atoms with E-state index >= 15 is 0 Å². The van der Waals surface area contributed by atoms with Gasteiger partial charge in [-0.3, -0.25) is 4.79 Å². The third-order valence-corrected chi connectivity index (χ3v) is 7.07. The monoisotopic (exact) mass is 503 g/mol. The minimum Gasteiger partial charge on any atom is -0.484 e. The lowest BCUT2D eigenvalue weighted by molar-refractivity contribution is -0.118. The maximum Gasteiger partial charge on any atom is 0.341 e.